The second-order valence-electron chi connectivity index (χ2n) is 6.32. The van der Waals surface area contributed by atoms with Crippen LogP contribution in [0.5, 0.6) is 0 Å². The second-order valence-corrected chi connectivity index (χ2v) is 6.32. The van der Waals surface area contributed by atoms with Crippen LogP contribution >= 0.6 is 0 Å². The van der Waals surface area contributed by atoms with Crippen LogP contribution in [0, 0.1) is 6.92 Å². The molecule has 2 aromatic rings. The van der Waals surface area contributed by atoms with Crippen molar-refractivity contribution in [1.29, 1.82) is 0 Å². The Bertz CT molecular complexity index is 627. The Morgan fingerprint density at radius 2 is 1.87 bits per heavy atom. The van der Waals surface area contributed by atoms with Gasteiger partial charge >= 0.3 is 5.95 Å². The molecule has 0 saturated carbocycles. The van der Waals surface area contributed by atoms with Crippen molar-refractivity contribution in [2.75, 3.05) is 50.0 Å². The van der Waals surface area contributed by atoms with E-state index in [4.69, 9.17) is 0 Å². The Morgan fingerprint density at radius 1 is 1.13 bits per heavy atom. The summed E-state index contributed by atoms with van der Waals surface area (Å²) in [6.07, 6.45) is 4.03. The average molecular weight is 317 g/mol. The minimum absolute atomic E-state index is 0.997. The Hall–Kier alpha value is -2.21. The highest BCUT2D eigenvalue weighted by Gasteiger charge is 2.11. The van der Waals surface area contributed by atoms with Crippen LogP contribution in [0.15, 0.2) is 30.6 Å². The van der Waals surface area contributed by atoms with Crippen molar-refractivity contribution < 1.29 is 4.57 Å². The van der Waals surface area contributed by atoms with Gasteiger partial charge in [-0.15, -0.1) is 0 Å². The van der Waals surface area contributed by atoms with E-state index in [1.165, 1.54) is 11.3 Å². The standard InChI is InChI=1S/C17H28N6/c1-14-13-15(21(4)10-9-20(2)3)7-8-16(14)18-19-17-22(5)11-12-23(17)6/h7-8,11-13,18H,9-10H2,1-6H3/p+1. The highest BCUT2D eigenvalue weighted by Crippen LogP contribution is 2.22. The van der Waals surface area contributed by atoms with Gasteiger partial charge in [-0.3, -0.25) is 5.43 Å². The van der Waals surface area contributed by atoms with Gasteiger partial charge in [-0.05, 0) is 44.8 Å². The number of hydrogen-bond acceptors (Lipinski definition) is 4. The Morgan fingerprint density at radius 3 is 2.43 bits per heavy atom. The number of aromatic nitrogens is 2. The van der Waals surface area contributed by atoms with Crippen LogP contribution in [0.2, 0.25) is 0 Å². The van der Waals surface area contributed by atoms with Gasteiger partial charge in [0.1, 0.15) is 0 Å². The average Bonchev–Trinajstić information content (AvgIpc) is 2.82. The quantitative estimate of drug-likeness (QED) is 0.601. The lowest BCUT2D eigenvalue weighted by Crippen LogP contribution is -2.32. The molecule has 0 atom stereocenters. The third kappa shape index (κ3) is 4.39. The number of benzene rings is 1. The molecule has 2 rings (SSSR count). The summed E-state index contributed by atoms with van der Waals surface area (Å²) < 4.78 is 4.07. The number of hydrazine groups is 1. The molecule has 1 heterocycles. The number of nitrogens with one attached hydrogen (secondary N) is 2. The normalized spacial score (nSPS) is 10.9. The lowest BCUT2D eigenvalue weighted by atomic mass is 10.1. The van der Waals surface area contributed by atoms with Crippen LogP contribution in [0.3, 0.4) is 0 Å². The Labute approximate surface area is 139 Å². The van der Waals surface area contributed by atoms with Crippen LogP contribution < -0.4 is 20.3 Å². The van der Waals surface area contributed by atoms with Crippen molar-refractivity contribution in [3.63, 3.8) is 0 Å². The fourth-order valence-electron chi connectivity index (χ4n) is 2.39. The highest BCUT2D eigenvalue weighted by atomic mass is 15.4. The Kier molecular flexibility index (Phi) is 5.50. The molecular weight excluding hydrogens is 288 g/mol. The third-order valence-corrected chi connectivity index (χ3v) is 4.02. The first-order valence-corrected chi connectivity index (χ1v) is 7.88. The van der Waals surface area contributed by atoms with E-state index in [-0.39, 0.29) is 0 Å². The van der Waals surface area contributed by atoms with E-state index < -0.39 is 0 Å². The molecule has 0 aliphatic rings. The molecule has 0 aliphatic heterocycles. The molecule has 0 spiro atoms. The molecule has 23 heavy (non-hydrogen) atoms. The molecule has 0 unspecified atom stereocenters. The molecule has 0 radical (unpaired) electrons. The summed E-state index contributed by atoms with van der Waals surface area (Å²) in [6, 6.07) is 6.48. The van der Waals surface area contributed by atoms with Crippen molar-refractivity contribution in [2.45, 2.75) is 6.92 Å². The zero-order chi connectivity index (χ0) is 17.0. The van der Waals surface area contributed by atoms with Gasteiger partial charge in [-0.2, -0.15) is 5.43 Å². The van der Waals surface area contributed by atoms with Crippen molar-refractivity contribution in [3.8, 4) is 0 Å². The lowest BCUT2D eigenvalue weighted by molar-refractivity contribution is -0.656. The van der Waals surface area contributed by atoms with Crippen molar-refractivity contribution in [2.24, 2.45) is 14.1 Å². The van der Waals surface area contributed by atoms with Gasteiger partial charge in [0.25, 0.3) is 0 Å². The number of imidazole rings is 1. The largest absolute Gasteiger partial charge is 0.378 e. The van der Waals surface area contributed by atoms with Crippen LogP contribution in [0.4, 0.5) is 17.3 Å². The molecule has 0 saturated heterocycles. The molecule has 0 bridgehead atoms. The highest BCUT2D eigenvalue weighted by molar-refractivity contribution is 5.61. The number of anilines is 3. The smallest absolute Gasteiger partial charge is 0.373 e. The maximum absolute atomic E-state index is 3.29. The van der Waals surface area contributed by atoms with Crippen molar-refractivity contribution >= 4 is 17.3 Å². The van der Waals surface area contributed by atoms with Gasteiger partial charge in [0.05, 0.1) is 32.2 Å². The molecule has 6 nitrogen and oxygen atoms in total. The van der Waals surface area contributed by atoms with E-state index in [0.29, 0.717) is 0 Å². The topological polar surface area (TPSA) is 39.4 Å². The summed E-state index contributed by atoms with van der Waals surface area (Å²) >= 11 is 0. The summed E-state index contributed by atoms with van der Waals surface area (Å²) in [5.74, 6) is 0.997. The first kappa shape index (κ1) is 17.1. The van der Waals surface area contributed by atoms with Crippen LogP contribution in [0.1, 0.15) is 5.56 Å². The maximum atomic E-state index is 3.29. The van der Waals surface area contributed by atoms with Crippen LogP contribution in [-0.2, 0) is 14.1 Å². The monoisotopic (exact) mass is 317 g/mol. The third-order valence-electron chi connectivity index (χ3n) is 4.02. The van der Waals surface area contributed by atoms with Crippen molar-refractivity contribution in [1.82, 2.24) is 9.47 Å². The SMILES string of the molecule is Cc1cc(N(C)CCN(C)C)ccc1NNc1n(C)cc[n+]1C. The summed E-state index contributed by atoms with van der Waals surface area (Å²) in [6.45, 7) is 4.18. The molecule has 126 valence electrons. The van der Waals surface area contributed by atoms with Crippen molar-refractivity contribution in [3.05, 3.63) is 36.2 Å². The summed E-state index contributed by atoms with van der Waals surface area (Å²) in [7, 11) is 10.4. The van der Waals surface area contributed by atoms with Gasteiger partial charge in [0.15, 0.2) is 0 Å². The number of aryl methyl sites for hydroxylation is 3. The van der Waals surface area contributed by atoms with Gasteiger partial charge in [-0.1, -0.05) is 0 Å². The fourth-order valence-corrected chi connectivity index (χ4v) is 2.39. The molecule has 0 fully saturated rings. The van der Waals surface area contributed by atoms with E-state index in [0.717, 1.165) is 24.7 Å². The number of likely N-dealkylation sites (N-methyl/N-ethyl adjacent to an activating group) is 2. The maximum Gasteiger partial charge on any atom is 0.378 e. The molecule has 2 N–H and O–H groups in total. The minimum atomic E-state index is 0.997. The van der Waals surface area contributed by atoms with E-state index >= 15 is 0 Å². The second kappa shape index (κ2) is 7.37. The van der Waals surface area contributed by atoms with E-state index in [9.17, 15) is 0 Å². The lowest BCUT2D eigenvalue weighted by Gasteiger charge is -2.22. The molecule has 6 heteroatoms. The van der Waals surface area contributed by atoms with Crippen LogP contribution in [0.25, 0.3) is 0 Å². The van der Waals surface area contributed by atoms with Crippen LogP contribution in [-0.4, -0.2) is 43.7 Å². The summed E-state index contributed by atoms with van der Waals surface area (Å²) in [4.78, 5) is 4.48. The molecule has 0 aliphatic carbocycles. The molecule has 1 aromatic carbocycles. The number of rotatable bonds is 7. The van der Waals surface area contributed by atoms with Gasteiger partial charge in [0, 0.05) is 25.8 Å². The first-order chi connectivity index (χ1) is 10.9. The zero-order valence-electron chi connectivity index (χ0n) is 15.1. The summed E-state index contributed by atoms with van der Waals surface area (Å²) in [5.41, 5.74) is 10.1. The predicted molar refractivity (Wildman–Crippen MR) is 96.8 cm³/mol. The fraction of sp³-hybridized carbons (Fsp3) is 0.471. The van der Waals surface area contributed by atoms with Gasteiger partial charge in [-0.25, -0.2) is 9.13 Å². The van der Waals surface area contributed by atoms with E-state index in [1.807, 2.05) is 35.6 Å². The minimum Gasteiger partial charge on any atom is -0.373 e. The van der Waals surface area contributed by atoms with E-state index in [1.54, 1.807) is 0 Å². The number of nitrogens with zero attached hydrogens (tertiary/aromatic N) is 4. The van der Waals surface area contributed by atoms with Gasteiger partial charge in [0.2, 0.25) is 0 Å². The number of hydrogen-bond donors (Lipinski definition) is 2. The van der Waals surface area contributed by atoms with Gasteiger partial charge < -0.3 is 9.80 Å². The predicted octanol–water partition coefficient (Wildman–Crippen LogP) is 1.59. The molecular formula is C17H29N6+. The zero-order valence-corrected chi connectivity index (χ0v) is 15.1. The Balaban J connectivity index is 2.02. The van der Waals surface area contributed by atoms with E-state index in [2.05, 4.69) is 66.9 Å². The summed E-state index contributed by atoms with van der Waals surface area (Å²) in [5, 5.41) is 0. The first-order valence-electron chi connectivity index (χ1n) is 7.88. The molecule has 1 aromatic heterocycles. The molecule has 0 amide bonds.